The summed E-state index contributed by atoms with van der Waals surface area (Å²) in [5.74, 6) is 0.814. The number of hydrogen-bond acceptors (Lipinski definition) is 0. The van der Waals surface area contributed by atoms with Gasteiger partial charge in [-0.05, 0) is 0 Å². The number of allylic oxidation sites excluding steroid dienone is 1. The molecule has 0 N–H and O–H groups in total. The standard InChI is InChI=1S/C6H10Cl.3C4H9.Sn/c1-2-3-4-5-6-7;3*1-3-4-2;/h1,3-6H2;3*1,3-4H2,2H3;. The zero-order chi connectivity index (χ0) is 15.3. The van der Waals surface area contributed by atoms with Crippen LogP contribution in [-0.4, -0.2) is 24.3 Å². The minimum absolute atomic E-state index is 0.814. The zero-order valence-corrected chi connectivity index (χ0v) is 17.9. The normalized spacial score (nSPS) is 11.8. The molecule has 0 unspecified atom stereocenters. The van der Waals surface area contributed by atoms with Crippen molar-refractivity contribution in [1.29, 1.82) is 0 Å². The van der Waals surface area contributed by atoms with Gasteiger partial charge in [0.2, 0.25) is 0 Å². The van der Waals surface area contributed by atoms with Crippen LogP contribution in [0.4, 0.5) is 0 Å². The van der Waals surface area contributed by atoms with Crippen molar-refractivity contribution in [3.05, 3.63) is 10.2 Å². The number of halogens is 1. The van der Waals surface area contributed by atoms with Crippen molar-refractivity contribution in [1.82, 2.24) is 0 Å². The van der Waals surface area contributed by atoms with E-state index in [1.165, 1.54) is 51.4 Å². The van der Waals surface area contributed by atoms with Gasteiger partial charge in [-0.2, -0.15) is 0 Å². The Balaban J connectivity index is 4.76. The molecule has 0 spiro atoms. The molecule has 0 aromatic rings. The first kappa shape index (κ1) is 20.8. The molecule has 0 aliphatic rings. The molecule has 0 amide bonds. The van der Waals surface area contributed by atoms with Crippen LogP contribution in [0.3, 0.4) is 0 Å². The SMILES string of the molecule is C=[C](CCCCCl)[Sn]([CH2]CCC)([CH2]CCC)[CH2]CCC. The third-order valence-corrected chi connectivity index (χ3v) is 21.1. The summed E-state index contributed by atoms with van der Waals surface area (Å²) in [4.78, 5) is 0. The van der Waals surface area contributed by atoms with E-state index in [4.69, 9.17) is 11.6 Å². The summed E-state index contributed by atoms with van der Waals surface area (Å²) in [6.45, 7) is 11.6. The molecule has 0 atom stereocenters. The van der Waals surface area contributed by atoms with Crippen LogP contribution < -0.4 is 0 Å². The van der Waals surface area contributed by atoms with Crippen molar-refractivity contribution in [2.45, 2.75) is 91.9 Å². The van der Waals surface area contributed by atoms with E-state index in [0.29, 0.717) is 0 Å². The fourth-order valence-corrected chi connectivity index (χ4v) is 19.3. The van der Waals surface area contributed by atoms with Crippen molar-refractivity contribution in [2.24, 2.45) is 0 Å². The molecule has 0 aliphatic heterocycles. The average Bonchev–Trinajstić information content (AvgIpc) is 2.47. The number of unbranched alkanes of at least 4 members (excludes halogenated alkanes) is 4. The van der Waals surface area contributed by atoms with Crippen LogP contribution in [0.5, 0.6) is 0 Å². The van der Waals surface area contributed by atoms with Gasteiger partial charge in [0.05, 0.1) is 0 Å². The van der Waals surface area contributed by atoms with Crippen molar-refractivity contribution >= 4 is 30.0 Å². The summed E-state index contributed by atoms with van der Waals surface area (Å²) in [7, 11) is 0. The van der Waals surface area contributed by atoms with Crippen LogP contribution in [-0.2, 0) is 0 Å². The monoisotopic (exact) mass is 408 g/mol. The molecule has 0 saturated carbocycles. The molecule has 2 heteroatoms. The molecule has 0 saturated heterocycles. The molecule has 0 radical (unpaired) electrons. The predicted molar refractivity (Wildman–Crippen MR) is 98.6 cm³/mol. The Morgan fingerprint density at radius 1 is 0.800 bits per heavy atom. The number of hydrogen-bond donors (Lipinski definition) is 0. The van der Waals surface area contributed by atoms with Crippen molar-refractivity contribution < 1.29 is 0 Å². The van der Waals surface area contributed by atoms with E-state index in [0.717, 1.165) is 12.3 Å². The minimum atomic E-state index is -2.11. The van der Waals surface area contributed by atoms with E-state index in [1.54, 1.807) is 16.9 Å². The van der Waals surface area contributed by atoms with Gasteiger partial charge >= 0.3 is 138 Å². The second-order valence-electron chi connectivity index (χ2n) is 6.34. The topological polar surface area (TPSA) is 0 Å². The Kier molecular flexibility index (Phi) is 14.0. The Hall–Kier alpha value is 0.829. The van der Waals surface area contributed by atoms with E-state index in [9.17, 15) is 0 Å². The van der Waals surface area contributed by atoms with Gasteiger partial charge < -0.3 is 0 Å². The first-order valence-electron chi connectivity index (χ1n) is 8.91. The van der Waals surface area contributed by atoms with Gasteiger partial charge in [-0.1, -0.05) is 0 Å². The zero-order valence-electron chi connectivity index (χ0n) is 14.3. The second kappa shape index (κ2) is 13.5. The van der Waals surface area contributed by atoms with Crippen molar-refractivity contribution in [3.63, 3.8) is 0 Å². The number of alkyl halides is 1. The quantitative estimate of drug-likeness (QED) is 0.160. The summed E-state index contributed by atoms with van der Waals surface area (Å²) in [5.41, 5.74) is 0. The molecule has 0 rings (SSSR count). The van der Waals surface area contributed by atoms with E-state index in [-0.39, 0.29) is 0 Å². The van der Waals surface area contributed by atoms with Gasteiger partial charge in [0.15, 0.2) is 0 Å². The van der Waals surface area contributed by atoms with Crippen LogP contribution in [0.2, 0.25) is 13.3 Å². The molecule has 0 aromatic carbocycles. The van der Waals surface area contributed by atoms with Gasteiger partial charge in [0.1, 0.15) is 0 Å². The second-order valence-corrected chi connectivity index (χ2v) is 20.3. The van der Waals surface area contributed by atoms with Crippen LogP contribution in [0.25, 0.3) is 0 Å². The van der Waals surface area contributed by atoms with Crippen LogP contribution >= 0.6 is 11.6 Å². The average molecular weight is 408 g/mol. The summed E-state index contributed by atoms with van der Waals surface area (Å²) >= 11 is 3.73. The molecule has 0 aliphatic carbocycles. The predicted octanol–water partition coefficient (Wildman–Crippen LogP) is 7.34. The van der Waals surface area contributed by atoms with Gasteiger partial charge in [-0.25, -0.2) is 0 Å². The molecule has 0 bridgehead atoms. The fraction of sp³-hybridized carbons (Fsp3) is 0.889. The first-order valence-corrected chi connectivity index (χ1v) is 16.9. The van der Waals surface area contributed by atoms with Gasteiger partial charge in [0.25, 0.3) is 0 Å². The van der Waals surface area contributed by atoms with E-state index in [2.05, 4.69) is 27.4 Å². The molecule has 0 heterocycles. The van der Waals surface area contributed by atoms with E-state index >= 15 is 0 Å². The molecule has 0 aromatic heterocycles. The summed E-state index contributed by atoms with van der Waals surface area (Å²) in [6, 6.07) is 0. The molecule has 120 valence electrons. The van der Waals surface area contributed by atoms with Crippen LogP contribution in [0.1, 0.15) is 78.6 Å². The van der Waals surface area contributed by atoms with Gasteiger partial charge in [-0.3, -0.25) is 0 Å². The van der Waals surface area contributed by atoms with E-state index < -0.39 is 18.4 Å². The maximum absolute atomic E-state index is 5.84. The molecule has 0 nitrogen and oxygen atoms in total. The van der Waals surface area contributed by atoms with Gasteiger partial charge in [0, 0.05) is 0 Å². The Morgan fingerprint density at radius 2 is 1.25 bits per heavy atom. The Morgan fingerprint density at radius 3 is 1.60 bits per heavy atom. The maximum atomic E-state index is 5.84. The molecular weight excluding hydrogens is 370 g/mol. The third kappa shape index (κ3) is 8.31. The third-order valence-electron chi connectivity index (χ3n) is 4.64. The molecule has 20 heavy (non-hydrogen) atoms. The summed E-state index contributed by atoms with van der Waals surface area (Å²) < 4.78 is 6.42. The van der Waals surface area contributed by atoms with E-state index in [1.807, 2.05) is 0 Å². The molecular formula is C18H37ClSn. The van der Waals surface area contributed by atoms with Gasteiger partial charge in [-0.15, -0.1) is 0 Å². The van der Waals surface area contributed by atoms with Crippen LogP contribution in [0.15, 0.2) is 10.2 Å². The fourth-order valence-electron chi connectivity index (χ4n) is 3.15. The van der Waals surface area contributed by atoms with Crippen molar-refractivity contribution in [2.75, 3.05) is 5.88 Å². The number of rotatable bonds is 14. The Labute approximate surface area is 137 Å². The first-order chi connectivity index (χ1) is 9.66. The summed E-state index contributed by atoms with van der Waals surface area (Å²) in [6.07, 6.45) is 12.1. The Bertz CT molecular complexity index is 216. The van der Waals surface area contributed by atoms with Crippen molar-refractivity contribution in [3.8, 4) is 0 Å². The molecule has 0 fully saturated rings. The van der Waals surface area contributed by atoms with Crippen LogP contribution in [0, 0.1) is 0 Å². The summed E-state index contributed by atoms with van der Waals surface area (Å²) in [5, 5.41) is 0.